The lowest BCUT2D eigenvalue weighted by atomic mass is 10.2. The van der Waals surface area contributed by atoms with E-state index in [0.29, 0.717) is 16.3 Å². The van der Waals surface area contributed by atoms with E-state index in [1.54, 1.807) is 30.3 Å². The maximum atomic E-state index is 12.1. The average Bonchev–Trinajstić information content (AvgIpc) is 2.61. The Labute approximate surface area is 155 Å². The zero-order valence-corrected chi connectivity index (χ0v) is 14.6. The summed E-state index contributed by atoms with van der Waals surface area (Å²) in [5.74, 6) is -0.755. The molecule has 2 aromatic rings. The summed E-state index contributed by atoms with van der Waals surface area (Å²) < 4.78 is 0. The average molecular weight is 374 g/mol. The molecule has 0 aliphatic heterocycles. The highest BCUT2D eigenvalue weighted by Crippen LogP contribution is 2.15. The van der Waals surface area contributed by atoms with Gasteiger partial charge in [0.05, 0.1) is 11.5 Å². The highest BCUT2D eigenvalue weighted by atomic mass is 35.5. The van der Waals surface area contributed by atoms with Gasteiger partial charge < -0.3 is 10.2 Å². The second-order valence-corrected chi connectivity index (χ2v) is 5.87. The minimum Gasteiger partial charge on any atom is -0.333 e. The van der Waals surface area contributed by atoms with E-state index in [1.165, 1.54) is 42.3 Å². The fourth-order valence-electron chi connectivity index (χ4n) is 2.06. The van der Waals surface area contributed by atoms with E-state index in [9.17, 15) is 19.7 Å². The molecule has 7 nitrogen and oxygen atoms in total. The Balaban J connectivity index is 1.92. The van der Waals surface area contributed by atoms with Gasteiger partial charge in [-0.2, -0.15) is 0 Å². The van der Waals surface area contributed by atoms with Crippen LogP contribution >= 0.6 is 11.6 Å². The lowest BCUT2D eigenvalue weighted by molar-refractivity contribution is -0.384. The van der Waals surface area contributed by atoms with Crippen molar-refractivity contribution in [2.45, 2.75) is 0 Å². The zero-order valence-electron chi connectivity index (χ0n) is 13.9. The number of rotatable bonds is 6. The van der Waals surface area contributed by atoms with Gasteiger partial charge in [-0.15, -0.1) is 0 Å². The number of carbonyl (C=O) groups excluding carboxylic acids is 2. The number of hydrogen-bond donors (Lipinski definition) is 1. The van der Waals surface area contributed by atoms with Crippen LogP contribution in [-0.4, -0.2) is 35.2 Å². The maximum absolute atomic E-state index is 12.1. The van der Waals surface area contributed by atoms with Crippen LogP contribution in [0.4, 0.5) is 11.4 Å². The molecule has 0 radical (unpaired) electrons. The monoisotopic (exact) mass is 373 g/mol. The van der Waals surface area contributed by atoms with Gasteiger partial charge in [0.25, 0.3) is 5.69 Å². The number of non-ortho nitro benzene ring substituents is 1. The highest BCUT2D eigenvalue weighted by Gasteiger charge is 2.11. The number of anilines is 1. The van der Waals surface area contributed by atoms with E-state index in [1.807, 2.05) is 0 Å². The van der Waals surface area contributed by atoms with E-state index in [2.05, 4.69) is 5.32 Å². The fraction of sp³-hybridized carbons (Fsp3) is 0.111. The number of nitro benzene ring substituents is 1. The first-order valence-corrected chi connectivity index (χ1v) is 7.96. The van der Waals surface area contributed by atoms with Gasteiger partial charge in [0.1, 0.15) is 0 Å². The summed E-state index contributed by atoms with van der Waals surface area (Å²) in [5.41, 5.74) is 1.04. The second kappa shape index (κ2) is 8.77. The molecule has 0 heterocycles. The third-order valence-electron chi connectivity index (χ3n) is 3.38. The quantitative estimate of drug-likeness (QED) is 0.477. The topological polar surface area (TPSA) is 92.6 Å². The summed E-state index contributed by atoms with van der Waals surface area (Å²) in [7, 11) is 1.49. The van der Waals surface area contributed by atoms with Crippen LogP contribution in [-0.2, 0) is 9.59 Å². The predicted molar refractivity (Wildman–Crippen MR) is 99.8 cm³/mol. The van der Waals surface area contributed by atoms with Gasteiger partial charge in [-0.05, 0) is 35.9 Å². The Morgan fingerprint density at radius 3 is 2.58 bits per heavy atom. The number of benzene rings is 2. The minimum atomic E-state index is -0.508. The first-order valence-electron chi connectivity index (χ1n) is 7.58. The largest absolute Gasteiger partial charge is 0.333 e. The molecule has 0 aliphatic carbocycles. The summed E-state index contributed by atoms with van der Waals surface area (Å²) >= 11 is 5.78. The van der Waals surface area contributed by atoms with Gasteiger partial charge in [0.2, 0.25) is 11.8 Å². The van der Waals surface area contributed by atoms with Crippen molar-refractivity contribution in [2.24, 2.45) is 0 Å². The maximum Gasteiger partial charge on any atom is 0.270 e. The number of halogens is 1. The molecule has 0 bridgehead atoms. The standard InChI is InChI=1S/C18H16ClN3O4/c1-21(12-17(23)20-15-8-6-14(19)7-9-15)18(24)10-5-13-3-2-4-16(11-13)22(25)26/h2-11H,12H2,1H3,(H,20,23)/b10-5+. The molecule has 2 amide bonds. The van der Waals surface area contributed by atoms with Crippen LogP contribution in [0.2, 0.25) is 5.02 Å². The molecule has 0 atom stereocenters. The lowest BCUT2D eigenvalue weighted by Crippen LogP contribution is -2.33. The Bertz CT molecular complexity index is 850. The van der Waals surface area contributed by atoms with Gasteiger partial charge in [-0.3, -0.25) is 19.7 Å². The van der Waals surface area contributed by atoms with Crippen LogP contribution in [0.15, 0.2) is 54.6 Å². The van der Waals surface area contributed by atoms with Crippen LogP contribution in [0.3, 0.4) is 0 Å². The van der Waals surface area contributed by atoms with E-state index < -0.39 is 10.8 Å². The van der Waals surface area contributed by atoms with Crippen LogP contribution in [0.25, 0.3) is 6.08 Å². The Hall–Kier alpha value is -3.19. The van der Waals surface area contributed by atoms with E-state index >= 15 is 0 Å². The number of nitrogens with zero attached hydrogens (tertiary/aromatic N) is 2. The molecule has 1 N–H and O–H groups in total. The molecule has 0 unspecified atom stereocenters. The number of amides is 2. The summed E-state index contributed by atoms with van der Waals surface area (Å²) in [6.45, 7) is -0.138. The molecule has 0 saturated heterocycles. The molecule has 134 valence electrons. The van der Waals surface area contributed by atoms with Crippen molar-refractivity contribution in [3.05, 3.63) is 75.3 Å². The molecule has 0 fully saturated rings. The van der Waals surface area contributed by atoms with Crippen molar-refractivity contribution in [1.29, 1.82) is 0 Å². The molecular weight excluding hydrogens is 358 g/mol. The summed E-state index contributed by atoms with van der Waals surface area (Å²) in [6.07, 6.45) is 2.72. The number of nitro groups is 1. The Morgan fingerprint density at radius 2 is 1.92 bits per heavy atom. The van der Waals surface area contributed by atoms with E-state index in [0.717, 1.165) is 0 Å². The van der Waals surface area contributed by atoms with E-state index in [-0.39, 0.29) is 18.1 Å². The van der Waals surface area contributed by atoms with Gasteiger partial charge >= 0.3 is 0 Å². The molecular formula is C18H16ClN3O4. The van der Waals surface area contributed by atoms with Crippen molar-refractivity contribution < 1.29 is 14.5 Å². The number of likely N-dealkylation sites (N-methyl/N-ethyl adjacent to an activating group) is 1. The molecule has 0 saturated carbocycles. The molecule has 0 aromatic heterocycles. The van der Waals surface area contributed by atoms with Crippen molar-refractivity contribution >= 4 is 40.9 Å². The van der Waals surface area contributed by atoms with Gasteiger partial charge in [0, 0.05) is 36.0 Å². The molecule has 0 aliphatic rings. The van der Waals surface area contributed by atoms with Gasteiger partial charge in [-0.25, -0.2) is 0 Å². The first kappa shape index (κ1) is 19.1. The first-order chi connectivity index (χ1) is 12.3. The van der Waals surface area contributed by atoms with Crippen LogP contribution in [0, 0.1) is 10.1 Å². The Morgan fingerprint density at radius 1 is 1.23 bits per heavy atom. The molecule has 26 heavy (non-hydrogen) atoms. The third-order valence-corrected chi connectivity index (χ3v) is 3.64. The molecule has 2 aromatic carbocycles. The fourth-order valence-corrected chi connectivity index (χ4v) is 2.19. The molecule has 0 spiro atoms. The normalized spacial score (nSPS) is 10.5. The summed E-state index contributed by atoms with van der Waals surface area (Å²) in [4.78, 5) is 35.5. The van der Waals surface area contributed by atoms with Crippen LogP contribution in [0.1, 0.15) is 5.56 Å². The number of carbonyl (C=O) groups is 2. The van der Waals surface area contributed by atoms with Gasteiger partial charge in [0.15, 0.2) is 0 Å². The van der Waals surface area contributed by atoms with Crippen molar-refractivity contribution in [2.75, 3.05) is 18.9 Å². The van der Waals surface area contributed by atoms with Gasteiger partial charge in [-0.1, -0.05) is 23.7 Å². The smallest absolute Gasteiger partial charge is 0.270 e. The lowest BCUT2D eigenvalue weighted by Gasteiger charge is -2.14. The van der Waals surface area contributed by atoms with Crippen LogP contribution in [0.5, 0.6) is 0 Å². The number of nitrogens with one attached hydrogen (secondary N) is 1. The minimum absolute atomic E-state index is 0.0599. The predicted octanol–water partition coefficient (Wildman–Crippen LogP) is 3.36. The molecule has 8 heteroatoms. The van der Waals surface area contributed by atoms with Crippen LogP contribution < -0.4 is 5.32 Å². The summed E-state index contributed by atoms with van der Waals surface area (Å²) in [5, 5.41) is 14.0. The van der Waals surface area contributed by atoms with E-state index in [4.69, 9.17) is 11.6 Å². The highest BCUT2D eigenvalue weighted by molar-refractivity contribution is 6.30. The van der Waals surface area contributed by atoms with Crippen molar-refractivity contribution in [3.8, 4) is 0 Å². The molecule has 2 rings (SSSR count). The van der Waals surface area contributed by atoms with Crippen molar-refractivity contribution in [1.82, 2.24) is 4.90 Å². The number of hydrogen-bond acceptors (Lipinski definition) is 4. The second-order valence-electron chi connectivity index (χ2n) is 5.43. The third kappa shape index (κ3) is 5.71. The summed E-state index contributed by atoms with van der Waals surface area (Å²) in [6, 6.07) is 12.5. The zero-order chi connectivity index (χ0) is 19.1. The van der Waals surface area contributed by atoms with Crippen molar-refractivity contribution in [3.63, 3.8) is 0 Å². The SMILES string of the molecule is CN(CC(=O)Nc1ccc(Cl)cc1)C(=O)/C=C/c1cccc([N+](=O)[O-])c1. The Kier molecular flexibility index (Phi) is 6.46.